The number of methoxy groups -OCH3 is 1. The average molecular weight is 226 g/mol. The van der Waals surface area contributed by atoms with Gasteiger partial charge in [-0.2, -0.15) is 0 Å². The van der Waals surface area contributed by atoms with E-state index in [1.807, 2.05) is 12.1 Å². The molecule has 0 radical (unpaired) electrons. The number of ether oxygens (including phenoxy) is 1. The van der Waals surface area contributed by atoms with Gasteiger partial charge in [-0.15, -0.1) is 0 Å². The van der Waals surface area contributed by atoms with Crippen molar-refractivity contribution < 1.29 is 9.53 Å². The number of carbonyl (C=O) groups is 1. The third kappa shape index (κ3) is 1.73. The van der Waals surface area contributed by atoms with Gasteiger partial charge in [0.2, 0.25) is 0 Å². The molecule has 0 bridgehead atoms. The summed E-state index contributed by atoms with van der Waals surface area (Å²) in [5.41, 5.74) is 2.82. The second kappa shape index (κ2) is 4.21. The highest BCUT2D eigenvalue weighted by Crippen LogP contribution is 2.33. The minimum atomic E-state index is -0.276. The van der Waals surface area contributed by atoms with E-state index in [1.165, 1.54) is 7.11 Å². The third-order valence-electron chi connectivity index (χ3n) is 2.81. The van der Waals surface area contributed by atoms with Gasteiger partial charge in [-0.1, -0.05) is 12.1 Å². The van der Waals surface area contributed by atoms with E-state index in [9.17, 15) is 4.79 Å². The first kappa shape index (κ1) is 10.5. The van der Waals surface area contributed by atoms with Crippen LogP contribution in [0.3, 0.4) is 0 Å². The molecule has 0 fully saturated rings. The normalized spacial score (nSPS) is 18.7. The number of benzene rings is 1. The van der Waals surface area contributed by atoms with Gasteiger partial charge in [-0.25, -0.2) is 9.63 Å². The molecular weight excluding hydrogens is 214 g/mol. The van der Waals surface area contributed by atoms with Crippen LogP contribution in [0.1, 0.15) is 33.9 Å². The molecule has 0 saturated carbocycles. The fraction of sp³-hybridized carbons (Fsp3) is 0.364. The molecule has 15 heavy (non-hydrogen) atoms. The maximum Gasteiger partial charge on any atom is 0.338 e. The summed E-state index contributed by atoms with van der Waals surface area (Å²) in [7, 11) is 1.40. The summed E-state index contributed by atoms with van der Waals surface area (Å²) in [5, 5.41) is 0. The first-order chi connectivity index (χ1) is 7.27. The number of rotatable bonds is 2. The minimum absolute atomic E-state index is 0.145. The van der Waals surface area contributed by atoms with Crippen LogP contribution in [-0.4, -0.2) is 13.1 Å². The summed E-state index contributed by atoms with van der Waals surface area (Å²) in [6.07, 6.45) is 1.79. The van der Waals surface area contributed by atoms with Gasteiger partial charge in [-0.3, -0.25) is 0 Å². The van der Waals surface area contributed by atoms with Crippen LogP contribution >= 0.6 is 11.8 Å². The van der Waals surface area contributed by atoms with E-state index in [2.05, 4.69) is 4.84 Å². The van der Waals surface area contributed by atoms with Crippen molar-refractivity contribution in [2.75, 3.05) is 7.11 Å². The highest BCUT2D eigenvalue weighted by Gasteiger charge is 2.26. The van der Waals surface area contributed by atoms with Gasteiger partial charge in [0.15, 0.2) is 0 Å². The lowest BCUT2D eigenvalue weighted by molar-refractivity contribution is 0.0599. The molecule has 0 saturated heterocycles. The molecule has 0 aromatic heterocycles. The van der Waals surface area contributed by atoms with E-state index in [1.54, 1.807) is 6.07 Å². The van der Waals surface area contributed by atoms with Crippen molar-refractivity contribution in [3.8, 4) is 0 Å². The Balaban J connectivity index is 2.44. The molecule has 1 aliphatic carbocycles. The Labute approximate surface area is 93.5 Å². The molecule has 1 aromatic carbocycles. The smallest absolute Gasteiger partial charge is 0.338 e. The average Bonchev–Trinajstić information content (AvgIpc) is 2.70. The Morgan fingerprint density at radius 1 is 1.60 bits per heavy atom. The standard InChI is InChI=1S/C11H12ClNO2/c1-15-11(14)9-4-2-3-8-7(9)5-6-10(8)13-12/h2-4,10,13H,5-6H2,1H3/t10-/m0/s1. The fourth-order valence-corrected chi connectivity index (χ4v) is 2.30. The maximum absolute atomic E-state index is 11.5. The molecule has 3 nitrogen and oxygen atoms in total. The molecule has 1 N–H and O–H groups in total. The van der Waals surface area contributed by atoms with Crippen LogP contribution in [0.15, 0.2) is 18.2 Å². The summed E-state index contributed by atoms with van der Waals surface area (Å²) in [6.45, 7) is 0. The van der Waals surface area contributed by atoms with E-state index in [0.29, 0.717) is 5.56 Å². The molecular formula is C11H12ClNO2. The van der Waals surface area contributed by atoms with Gasteiger partial charge in [-0.05, 0) is 41.8 Å². The topological polar surface area (TPSA) is 38.3 Å². The second-order valence-electron chi connectivity index (χ2n) is 3.57. The lowest BCUT2D eigenvalue weighted by Crippen LogP contribution is -2.08. The zero-order valence-electron chi connectivity index (χ0n) is 8.42. The lowest BCUT2D eigenvalue weighted by Gasteiger charge is -2.09. The summed E-state index contributed by atoms with van der Waals surface area (Å²) >= 11 is 5.64. The molecule has 1 aliphatic rings. The van der Waals surface area contributed by atoms with Crippen molar-refractivity contribution in [1.29, 1.82) is 0 Å². The number of hydrogen-bond donors (Lipinski definition) is 1. The Hall–Kier alpha value is -1.06. The van der Waals surface area contributed by atoms with Crippen LogP contribution in [0.4, 0.5) is 0 Å². The van der Waals surface area contributed by atoms with Crippen LogP contribution in [0.5, 0.6) is 0 Å². The van der Waals surface area contributed by atoms with Crippen LogP contribution < -0.4 is 4.84 Å². The van der Waals surface area contributed by atoms with E-state index in [4.69, 9.17) is 16.5 Å². The van der Waals surface area contributed by atoms with Crippen LogP contribution in [0.25, 0.3) is 0 Å². The van der Waals surface area contributed by atoms with Crippen molar-refractivity contribution in [1.82, 2.24) is 4.84 Å². The number of esters is 1. The van der Waals surface area contributed by atoms with Crippen LogP contribution in [0, 0.1) is 0 Å². The van der Waals surface area contributed by atoms with Gasteiger partial charge in [0.1, 0.15) is 0 Å². The highest BCUT2D eigenvalue weighted by molar-refractivity contribution is 6.13. The molecule has 4 heteroatoms. The zero-order chi connectivity index (χ0) is 10.8. The summed E-state index contributed by atoms with van der Waals surface area (Å²) in [5.74, 6) is -0.276. The Morgan fingerprint density at radius 3 is 3.07 bits per heavy atom. The SMILES string of the molecule is COC(=O)c1cccc2c1CC[C@@H]2NCl. The molecule has 0 spiro atoms. The molecule has 0 unspecified atom stereocenters. The highest BCUT2D eigenvalue weighted by atomic mass is 35.5. The molecule has 0 heterocycles. The van der Waals surface area contributed by atoms with E-state index in [-0.39, 0.29) is 12.0 Å². The third-order valence-corrected chi connectivity index (χ3v) is 3.07. The number of nitrogens with one attached hydrogen (secondary N) is 1. The van der Waals surface area contributed by atoms with E-state index >= 15 is 0 Å². The number of hydrogen-bond acceptors (Lipinski definition) is 3. The first-order valence-corrected chi connectivity index (χ1v) is 5.22. The molecule has 1 aromatic rings. The Bertz CT molecular complexity index is 392. The first-order valence-electron chi connectivity index (χ1n) is 4.84. The molecule has 0 aliphatic heterocycles. The predicted molar refractivity (Wildman–Crippen MR) is 57.8 cm³/mol. The summed E-state index contributed by atoms with van der Waals surface area (Å²) < 4.78 is 4.74. The van der Waals surface area contributed by atoms with Crippen molar-refractivity contribution in [3.63, 3.8) is 0 Å². The predicted octanol–water partition coefficient (Wildman–Crippen LogP) is 2.20. The number of halogens is 1. The quantitative estimate of drug-likeness (QED) is 0.620. The van der Waals surface area contributed by atoms with E-state index in [0.717, 1.165) is 24.0 Å². The molecule has 1 atom stereocenters. The van der Waals surface area contributed by atoms with Gasteiger partial charge in [0.05, 0.1) is 12.7 Å². The van der Waals surface area contributed by atoms with Crippen LogP contribution in [0.2, 0.25) is 0 Å². The fourth-order valence-electron chi connectivity index (χ4n) is 2.07. The largest absolute Gasteiger partial charge is 0.465 e. The molecule has 0 amide bonds. The Morgan fingerprint density at radius 2 is 2.40 bits per heavy atom. The monoisotopic (exact) mass is 225 g/mol. The van der Waals surface area contributed by atoms with Gasteiger partial charge in [0, 0.05) is 6.04 Å². The summed E-state index contributed by atoms with van der Waals surface area (Å²) in [4.78, 5) is 14.2. The number of carbonyl (C=O) groups excluding carboxylic acids is 1. The molecule has 80 valence electrons. The van der Waals surface area contributed by atoms with E-state index < -0.39 is 0 Å². The Kier molecular flexibility index (Phi) is 2.93. The lowest BCUT2D eigenvalue weighted by atomic mass is 10.0. The van der Waals surface area contributed by atoms with Gasteiger partial charge >= 0.3 is 5.97 Å². The molecule has 2 rings (SSSR count). The van der Waals surface area contributed by atoms with Gasteiger partial charge in [0.25, 0.3) is 0 Å². The minimum Gasteiger partial charge on any atom is -0.465 e. The summed E-state index contributed by atoms with van der Waals surface area (Å²) in [6, 6.07) is 5.79. The van der Waals surface area contributed by atoms with Crippen molar-refractivity contribution in [2.45, 2.75) is 18.9 Å². The number of fused-ring (bicyclic) bond motifs is 1. The van der Waals surface area contributed by atoms with Crippen LogP contribution in [-0.2, 0) is 11.2 Å². The van der Waals surface area contributed by atoms with Crippen molar-refractivity contribution in [3.05, 3.63) is 34.9 Å². The van der Waals surface area contributed by atoms with Gasteiger partial charge < -0.3 is 4.74 Å². The van der Waals surface area contributed by atoms with Crippen molar-refractivity contribution >= 4 is 17.7 Å². The second-order valence-corrected chi connectivity index (χ2v) is 3.78. The maximum atomic E-state index is 11.5. The van der Waals surface area contributed by atoms with Crippen molar-refractivity contribution in [2.24, 2.45) is 0 Å². The zero-order valence-corrected chi connectivity index (χ0v) is 9.17.